The van der Waals surface area contributed by atoms with Crippen molar-refractivity contribution in [2.45, 2.75) is 148 Å². The van der Waals surface area contributed by atoms with Crippen LogP contribution in [-0.2, 0) is 32.7 Å². The summed E-state index contributed by atoms with van der Waals surface area (Å²) in [4.78, 5) is 37.1. The third-order valence-electron chi connectivity index (χ3n) is 7.66. The molecule has 0 aliphatic rings. The number of ether oxygens (including phenoxy) is 2. The minimum Gasteiger partial charge on any atom is -0.756 e. The predicted molar refractivity (Wildman–Crippen MR) is 194 cm³/mol. The van der Waals surface area contributed by atoms with Gasteiger partial charge in [-0.3, -0.25) is 14.2 Å². The zero-order valence-electron chi connectivity index (χ0n) is 31.2. The molecule has 280 valence electrons. The van der Waals surface area contributed by atoms with Crippen molar-refractivity contribution >= 4 is 19.8 Å². The van der Waals surface area contributed by atoms with E-state index in [2.05, 4.69) is 50.3 Å². The first-order valence-corrected chi connectivity index (χ1v) is 20.2. The van der Waals surface area contributed by atoms with Crippen LogP contribution in [0, 0.1) is 0 Å². The Morgan fingerprint density at radius 3 is 1.73 bits per heavy atom. The molecule has 0 aromatic carbocycles. The average Bonchev–Trinajstić information content (AvgIpc) is 3.02. The molecule has 0 aromatic rings. The van der Waals surface area contributed by atoms with E-state index < -0.39 is 32.5 Å². The van der Waals surface area contributed by atoms with Crippen LogP contribution in [0.2, 0.25) is 0 Å². The highest BCUT2D eigenvalue weighted by molar-refractivity contribution is 7.45. The molecule has 0 rings (SSSR count). The molecule has 0 amide bonds. The number of unbranched alkanes of at least 4 members (excludes halogenated alkanes) is 13. The second-order valence-electron chi connectivity index (χ2n) is 13.6. The largest absolute Gasteiger partial charge is 0.756 e. The zero-order chi connectivity index (χ0) is 35.8. The van der Waals surface area contributed by atoms with Crippen LogP contribution in [0.25, 0.3) is 0 Å². The van der Waals surface area contributed by atoms with E-state index >= 15 is 0 Å². The van der Waals surface area contributed by atoms with E-state index in [9.17, 15) is 19.0 Å². The van der Waals surface area contributed by atoms with Crippen molar-refractivity contribution < 1.29 is 42.1 Å². The fourth-order valence-electron chi connectivity index (χ4n) is 4.67. The molecule has 0 bridgehead atoms. The molecule has 0 spiro atoms. The highest BCUT2D eigenvalue weighted by Crippen LogP contribution is 2.38. The molecule has 0 radical (unpaired) electrons. The quantitative estimate of drug-likeness (QED) is 0.0219. The SMILES string of the molecule is CCCCCCCC/C=C/C/C=C/C/C=C/CCCC(=O)OC[C@@H](COP(=O)([O-])OCC[N+](C)(C)C)OC(=O)CCCCCCCCC. The van der Waals surface area contributed by atoms with Gasteiger partial charge in [-0.15, -0.1) is 0 Å². The Hall–Kier alpha value is -1.77. The summed E-state index contributed by atoms with van der Waals surface area (Å²) < 4.78 is 33.5. The van der Waals surface area contributed by atoms with Crippen molar-refractivity contribution in [1.29, 1.82) is 0 Å². The van der Waals surface area contributed by atoms with Gasteiger partial charge < -0.3 is 27.9 Å². The monoisotopic (exact) mass is 699 g/mol. The molecule has 0 saturated heterocycles. The van der Waals surface area contributed by atoms with Gasteiger partial charge in [0, 0.05) is 12.8 Å². The fourth-order valence-corrected chi connectivity index (χ4v) is 5.40. The van der Waals surface area contributed by atoms with Crippen molar-refractivity contribution in [3.05, 3.63) is 36.5 Å². The van der Waals surface area contributed by atoms with Crippen LogP contribution in [0.4, 0.5) is 0 Å². The zero-order valence-corrected chi connectivity index (χ0v) is 32.1. The van der Waals surface area contributed by atoms with Crippen molar-refractivity contribution in [2.24, 2.45) is 0 Å². The number of allylic oxidation sites excluding steroid dienone is 6. The molecule has 2 atom stereocenters. The molecule has 9 nitrogen and oxygen atoms in total. The molecule has 1 unspecified atom stereocenters. The molecular formula is C38H70NO8P. The van der Waals surface area contributed by atoms with Gasteiger partial charge in [0.1, 0.15) is 19.8 Å². The molecular weight excluding hydrogens is 629 g/mol. The van der Waals surface area contributed by atoms with Gasteiger partial charge in [0.2, 0.25) is 0 Å². The number of phosphoric ester groups is 1. The number of esters is 2. The smallest absolute Gasteiger partial charge is 0.306 e. The number of carbonyl (C=O) groups is 2. The average molecular weight is 700 g/mol. The summed E-state index contributed by atoms with van der Waals surface area (Å²) in [7, 11) is 1.13. The molecule has 0 aromatic heterocycles. The van der Waals surface area contributed by atoms with E-state index in [-0.39, 0.29) is 26.1 Å². The molecule has 0 aliphatic heterocycles. The first-order chi connectivity index (χ1) is 23.0. The lowest BCUT2D eigenvalue weighted by atomic mass is 10.1. The summed E-state index contributed by atoms with van der Waals surface area (Å²) in [6, 6.07) is 0. The van der Waals surface area contributed by atoms with E-state index in [1.807, 2.05) is 21.1 Å². The number of hydrogen-bond donors (Lipinski definition) is 0. The third kappa shape index (κ3) is 34.1. The van der Waals surface area contributed by atoms with Crippen molar-refractivity contribution in [1.82, 2.24) is 0 Å². The van der Waals surface area contributed by atoms with Gasteiger partial charge in [-0.25, -0.2) is 0 Å². The van der Waals surface area contributed by atoms with Gasteiger partial charge in [-0.1, -0.05) is 121 Å². The summed E-state index contributed by atoms with van der Waals surface area (Å²) in [5.41, 5.74) is 0. The third-order valence-corrected chi connectivity index (χ3v) is 8.63. The number of phosphoric acid groups is 1. The molecule has 10 heteroatoms. The minimum atomic E-state index is -4.62. The topological polar surface area (TPSA) is 111 Å². The van der Waals surface area contributed by atoms with E-state index in [4.69, 9.17) is 18.5 Å². The van der Waals surface area contributed by atoms with Crippen LogP contribution in [0.5, 0.6) is 0 Å². The maximum atomic E-state index is 12.5. The maximum Gasteiger partial charge on any atom is 0.306 e. The summed E-state index contributed by atoms with van der Waals surface area (Å²) in [6.07, 6.45) is 32.0. The lowest BCUT2D eigenvalue weighted by Gasteiger charge is -2.28. The number of nitrogens with zero attached hydrogens (tertiary/aromatic N) is 1. The maximum absolute atomic E-state index is 12.5. The van der Waals surface area contributed by atoms with Gasteiger partial charge in [0.25, 0.3) is 7.82 Å². The van der Waals surface area contributed by atoms with Gasteiger partial charge >= 0.3 is 11.9 Å². The second-order valence-corrected chi connectivity index (χ2v) is 15.0. The first kappa shape index (κ1) is 46.2. The molecule has 0 aliphatic carbocycles. The van der Waals surface area contributed by atoms with Crippen LogP contribution < -0.4 is 4.89 Å². The Morgan fingerprint density at radius 1 is 0.646 bits per heavy atom. The van der Waals surface area contributed by atoms with Crippen molar-refractivity contribution in [2.75, 3.05) is 47.5 Å². The Balaban J connectivity index is 4.44. The lowest BCUT2D eigenvalue weighted by Crippen LogP contribution is -2.37. The first-order valence-electron chi connectivity index (χ1n) is 18.7. The van der Waals surface area contributed by atoms with E-state index in [1.54, 1.807) is 0 Å². The molecule has 0 heterocycles. The molecule has 0 N–H and O–H groups in total. The van der Waals surface area contributed by atoms with Crippen molar-refractivity contribution in [3.8, 4) is 0 Å². The summed E-state index contributed by atoms with van der Waals surface area (Å²) >= 11 is 0. The highest BCUT2D eigenvalue weighted by atomic mass is 31.2. The second kappa shape index (κ2) is 31.2. The predicted octanol–water partition coefficient (Wildman–Crippen LogP) is 9.16. The Bertz CT molecular complexity index is 928. The van der Waals surface area contributed by atoms with E-state index in [1.165, 1.54) is 57.8 Å². The van der Waals surface area contributed by atoms with Crippen molar-refractivity contribution in [3.63, 3.8) is 0 Å². The van der Waals surface area contributed by atoms with E-state index in [0.717, 1.165) is 44.9 Å². The van der Waals surface area contributed by atoms with Crippen LogP contribution in [0.3, 0.4) is 0 Å². The number of rotatable bonds is 33. The number of quaternary nitrogens is 1. The number of likely N-dealkylation sites (N-methyl/N-ethyl adjacent to an activating group) is 1. The standard InChI is InChI=1S/C38H70NO8P/c1-6-8-10-12-14-15-16-17-18-19-20-21-22-23-25-26-28-30-37(40)44-34-36(35-46-48(42,43)45-33-32-39(3,4)5)47-38(41)31-29-27-24-13-11-9-7-2/h17-18,20-21,23,25,36H,6-16,19,22,24,26-35H2,1-5H3/b18-17+,21-20+,25-23+/t36-/m0/s1. The molecule has 0 fully saturated rings. The van der Waals surface area contributed by atoms with Crippen LogP contribution >= 0.6 is 7.82 Å². The summed E-state index contributed by atoms with van der Waals surface area (Å²) in [5, 5.41) is 0. The summed E-state index contributed by atoms with van der Waals surface area (Å²) in [5.74, 6) is -0.906. The molecule has 48 heavy (non-hydrogen) atoms. The highest BCUT2D eigenvalue weighted by Gasteiger charge is 2.21. The van der Waals surface area contributed by atoms with Gasteiger partial charge in [0.05, 0.1) is 27.7 Å². The van der Waals surface area contributed by atoms with Gasteiger partial charge in [-0.05, 0) is 44.9 Å². The van der Waals surface area contributed by atoms with E-state index in [0.29, 0.717) is 23.9 Å². The summed E-state index contributed by atoms with van der Waals surface area (Å²) in [6.45, 7) is 4.08. The Morgan fingerprint density at radius 2 is 1.15 bits per heavy atom. The molecule has 0 saturated carbocycles. The Labute approximate surface area is 293 Å². The number of carbonyl (C=O) groups excluding carboxylic acids is 2. The lowest BCUT2D eigenvalue weighted by molar-refractivity contribution is -0.870. The fraction of sp³-hybridized carbons (Fsp3) is 0.789. The Kier molecular flexibility index (Phi) is 30.1. The van der Waals surface area contributed by atoms with Gasteiger partial charge in [-0.2, -0.15) is 0 Å². The number of hydrogen-bond acceptors (Lipinski definition) is 8. The van der Waals surface area contributed by atoms with Crippen LogP contribution in [0.1, 0.15) is 142 Å². The van der Waals surface area contributed by atoms with Crippen LogP contribution in [0.15, 0.2) is 36.5 Å². The minimum absolute atomic E-state index is 0.0383. The normalized spacial score (nSPS) is 14.2. The van der Waals surface area contributed by atoms with Gasteiger partial charge in [0.15, 0.2) is 6.10 Å². The van der Waals surface area contributed by atoms with Crippen LogP contribution in [-0.4, -0.2) is 70.0 Å².